The molecule has 4 aliphatic carbocycles. The summed E-state index contributed by atoms with van der Waals surface area (Å²) in [7, 11) is 0. The first kappa shape index (κ1) is 14.2. The lowest BCUT2D eigenvalue weighted by Gasteiger charge is -2.35. The minimum Gasteiger partial charge on any atom is -0.494 e. The van der Waals surface area contributed by atoms with Gasteiger partial charge in [-0.1, -0.05) is 11.6 Å². The number of nitro groups is 1. The van der Waals surface area contributed by atoms with E-state index >= 15 is 0 Å². The fourth-order valence-electron chi connectivity index (χ4n) is 5.00. The largest absolute Gasteiger partial charge is 0.494 e. The second kappa shape index (κ2) is 4.45. The lowest BCUT2D eigenvalue weighted by atomic mass is 9.68. The fourth-order valence-corrected chi connectivity index (χ4v) is 5.26. The molecule has 1 aromatic heterocycles. The molecule has 0 amide bonds. The van der Waals surface area contributed by atoms with E-state index in [0.29, 0.717) is 29.4 Å². The fraction of sp³-hybridized carbons (Fsp3) is 0.412. The summed E-state index contributed by atoms with van der Waals surface area (Å²) in [6.07, 6.45) is 3.27. The van der Waals surface area contributed by atoms with Crippen LogP contribution in [0, 0.1) is 22.0 Å². The van der Waals surface area contributed by atoms with E-state index in [1.54, 1.807) is 0 Å². The first-order chi connectivity index (χ1) is 11.5. The lowest BCUT2D eigenvalue weighted by molar-refractivity contribution is -0.384. The van der Waals surface area contributed by atoms with Crippen molar-refractivity contribution in [3.8, 4) is 17.4 Å². The number of nitrogens with zero attached hydrogens (tertiary/aromatic N) is 2. The Morgan fingerprint density at radius 2 is 1.71 bits per heavy atom. The molecule has 0 aliphatic heterocycles. The van der Waals surface area contributed by atoms with Crippen LogP contribution in [0.1, 0.15) is 42.2 Å². The predicted octanol–water partition coefficient (Wildman–Crippen LogP) is 4.06. The summed E-state index contributed by atoms with van der Waals surface area (Å²) in [5, 5.41) is 32.6. The van der Waals surface area contributed by atoms with Crippen LogP contribution in [0.3, 0.4) is 0 Å². The highest BCUT2D eigenvalue weighted by molar-refractivity contribution is 6.32. The van der Waals surface area contributed by atoms with E-state index in [1.807, 2.05) is 0 Å². The van der Waals surface area contributed by atoms with Gasteiger partial charge in [-0.3, -0.25) is 10.1 Å². The number of hydrogen-bond acceptors (Lipinski definition) is 4. The third-order valence-corrected chi connectivity index (χ3v) is 6.34. The molecular formula is C17H15ClN2O4. The van der Waals surface area contributed by atoms with Crippen molar-refractivity contribution in [1.29, 1.82) is 0 Å². The molecule has 2 bridgehead atoms. The first-order valence-electron chi connectivity index (χ1n) is 8.09. The molecule has 6 nitrogen and oxygen atoms in total. The quantitative estimate of drug-likeness (QED) is 0.634. The van der Waals surface area contributed by atoms with E-state index in [1.165, 1.54) is 29.2 Å². The van der Waals surface area contributed by atoms with E-state index in [4.69, 9.17) is 11.6 Å². The third kappa shape index (κ3) is 1.61. The Bertz CT molecular complexity index is 867. The SMILES string of the molecule is O=[N+]([O-])c1ccc(-n2c(O)c3c(c2O)[C@@H]2CC[C@H]3[C@H]3C[C@H]32)c(Cl)c1. The van der Waals surface area contributed by atoms with Gasteiger partial charge in [0.25, 0.3) is 5.69 Å². The van der Waals surface area contributed by atoms with Crippen LogP contribution in [0.25, 0.3) is 5.69 Å². The molecule has 0 radical (unpaired) electrons. The Kier molecular flexibility index (Phi) is 2.62. The average molecular weight is 347 g/mol. The highest BCUT2D eigenvalue weighted by atomic mass is 35.5. The monoisotopic (exact) mass is 346 g/mol. The number of aromatic nitrogens is 1. The Morgan fingerprint density at radius 1 is 1.12 bits per heavy atom. The number of nitro benzene ring substituents is 1. The van der Waals surface area contributed by atoms with Crippen LogP contribution < -0.4 is 0 Å². The number of benzene rings is 1. The number of fused-ring (bicyclic) bond motifs is 1. The summed E-state index contributed by atoms with van der Waals surface area (Å²) in [4.78, 5) is 10.3. The molecule has 4 atom stereocenters. The van der Waals surface area contributed by atoms with Gasteiger partial charge in [0.2, 0.25) is 11.8 Å². The van der Waals surface area contributed by atoms with E-state index < -0.39 is 4.92 Å². The maximum atomic E-state index is 10.9. The van der Waals surface area contributed by atoms with E-state index in [0.717, 1.165) is 24.0 Å². The maximum absolute atomic E-state index is 10.9. The van der Waals surface area contributed by atoms with Gasteiger partial charge in [-0.25, -0.2) is 4.57 Å². The summed E-state index contributed by atoms with van der Waals surface area (Å²) >= 11 is 6.19. The summed E-state index contributed by atoms with van der Waals surface area (Å²) in [5.74, 6) is 1.92. The number of halogens is 1. The molecular weight excluding hydrogens is 332 g/mol. The lowest BCUT2D eigenvalue weighted by Crippen LogP contribution is -2.22. The molecule has 1 aromatic carbocycles. The average Bonchev–Trinajstić information content (AvgIpc) is 3.33. The summed E-state index contributed by atoms with van der Waals surface area (Å²) in [6.45, 7) is 0. The summed E-state index contributed by atoms with van der Waals surface area (Å²) in [5.41, 5.74) is 1.95. The molecule has 0 unspecified atom stereocenters. The van der Waals surface area contributed by atoms with Gasteiger partial charge in [0, 0.05) is 23.3 Å². The van der Waals surface area contributed by atoms with Crippen molar-refractivity contribution in [2.45, 2.75) is 31.1 Å². The Morgan fingerprint density at radius 3 is 2.21 bits per heavy atom. The summed E-state index contributed by atoms with van der Waals surface area (Å²) < 4.78 is 1.34. The molecule has 124 valence electrons. The van der Waals surface area contributed by atoms with Crippen molar-refractivity contribution >= 4 is 17.3 Å². The van der Waals surface area contributed by atoms with E-state index in [-0.39, 0.29) is 22.5 Å². The van der Waals surface area contributed by atoms with Crippen molar-refractivity contribution in [2.75, 3.05) is 0 Å². The molecule has 2 aromatic rings. The van der Waals surface area contributed by atoms with E-state index in [2.05, 4.69) is 0 Å². The number of rotatable bonds is 2. The third-order valence-electron chi connectivity index (χ3n) is 6.03. The van der Waals surface area contributed by atoms with Gasteiger partial charge >= 0.3 is 0 Å². The second-order valence-corrected chi connectivity index (χ2v) is 7.46. The van der Waals surface area contributed by atoms with Crippen LogP contribution in [-0.4, -0.2) is 19.7 Å². The normalized spacial score (nSPS) is 29.2. The van der Waals surface area contributed by atoms with Gasteiger partial charge in [-0.05, 0) is 49.0 Å². The standard InChI is InChI=1S/C17H15ClN2O4/c18-12-5-7(20(23)24)1-4-13(12)19-16(21)14-8-2-3-9(11-6-10(8)11)15(14)17(19)22/h1,4-5,8-11,21-22H,2-3,6H2/t8-,9+,10+,11-. The minimum absolute atomic E-state index is 0.0262. The zero-order valence-corrected chi connectivity index (χ0v) is 13.4. The number of hydrogen-bond donors (Lipinski definition) is 2. The maximum Gasteiger partial charge on any atom is 0.271 e. The molecule has 4 aliphatic rings. The van der Waals surface area contributed by atoms with Gasteiger partial charge in [-0.15, -0.1) is 0 Å². The van der Waals surface area contributed by atoms with Gasteiger partial charge in [0.05, 0.1) is 15.6 Å². The smallest absolute Gasteiger partial charge is 0.271 e. The van der Waals surface area contributed by atoms with Gasteiger partial charge in [0.15, 0.2) is 0 Å². The van der Waals surface area contributed by atoms with Gasteiger partial charge < -0.3 is 10.2 Å². The molecule has 0 saturated heterocycles. The predicted molar refractivity (Wildman–Crippen MR) is 87.1 cm³/mol. The van der Waals surface area contributed by atoms with Crippen LogP contribution >= 0.6 is 11.6 Å². The van der Waals surface area contributed by atoms with Crippen LogP contribution in [-0.2, 0) is 0 Å². The molecule has 2 fully saturated rings. The van der Waals surface area contributed by atoms with Crippen molar-refractivity contribution in [3.05, 3.63) is 44.5 Å². The Hall–Kier alpha value is -2.21. The minimum atomic E-state index is -0.524. The second-order valence-electron chi connectivity index (χ2n) is 7.06. The zero-order chi connectivity index (χ0) is 16.7. The van der Waals surface area contributed by atoms with Crippen molar-refractivity contribution in [2.24, 2.45) is 11.8 Å². The molecule has 7 heteroatoms. The van der Waals surface area contributed by atoms with Crippen LogP contribution in [0.5, 0.6) is 11.8 Å². The molecule has 2 N–H and O–H groups in total. The number of non-ortho nitro benzene ring substituents is 1. The molecule has 6 rings (SSSR count). The van der Waals surface area contributed by atoms with Crippen molar-refractivity contribution in [3.63, 3.8) is 0 Å². The highest BCUT2D eigenvalue weighted by Gasteiger charge is 2.58. The van der Waals surface area contributed by atoms with Gasteiger partial charge in [-0.2, -0.15) is 0 Å². The molecule has 24 heavy (non-hydrogen) atoms. The van der Waals surface area contributed by atoms with E-state index in [9.17, 15) is 20.3 Å². The van der Waals surface area contributed by atoms with Crippen LogP contribution in [0.2, 0.25) is 5.02 Å². The molecule has 0 spiro atoms. The van der Waals surface area contributed by atoms with Crippen molar-refractivity contribution < 1.29 is 15.1 Å². The van der Waals surface area contributed by atoms with Crippen LogP contribution in [0.4, 0.5) is 5.69 Å². The Labute approximate surface area is 142 Å². The zero-order valence-electron chi connectivity index (χ0n) is 12.6. The molecule has 1 heterocycles. The summed E-state index contributed by atoms with van der Waals surface area (Å²) in [6, 6.07) is 4.03. The highest BCUT2D eigenvalue weighted by Crippen LogP contribution is 2.70. The number of aromatic hydroxyl groups is 2. The molecule has 2 saturated carbocycles. The van der Waals surface area contributed by atoms with Crippen LogP contribution in [0.15, 0.2) is 18.2 Å². The Balaban J connectivity index is 1.71. The van der Waals surface area contributed by atoms with Crippen molar-refractivity contribution in [1.82, 2.24) is 4.57 Å². The first-order valence-corrected chi connectivity index (χ1v) is 8.47. The topological polar surface area (TPSA) is 88.5 Å². The van der Waals surface area contributed by atoms with Gasteiger partial charge in [0.1, 0.15) is 0 Å².